The van der Waals surface area contributed by atoms with Crippen LogP contribution in [0, 0.1) is 0 Å². The molecule has 0 saturated carbocycles. The third kappa shape index (κ3) is 5.37. The van der Waals surface area contributed by atoms with Gasteiger partial charge in [-0.15, -0.1) is 0 Å². The molecule has 0 fully saturated rings. The largest absolute Gasteiger partial charge is 0.480 e. The van der Waals surface area contributed by atoms with Gasteiger partial charge in [0.1, 0.15) is 6.54 Å². The molecule has 0 atom stereocenters. The highest BCUT2D eigenvalue weighted by Gasteiger charge is 2.27. The van der Waals surface area contributed by atoms with Crippen molar-refractivity contribution in [2.75, 3.05) is 20.1 Å². The number of amides is 1. The Morgan fingerprint density at radius 3 is 2.20 bits per heavy atom. The van der Waals surface area contributed by atoms with Crippen molar-refractivity contribution in [3.63, 3.8) is 0 Å². The lowest BCUT2D eigenvalue weighted by molar-refractivity contribution is -0.148. The molecule has 0 bridgehead atoms. The third-order valence-corrected chi connectivity index (χ3v) is 1.99. The molecule has 0 aliphatic heterocycles. The minimum absolute atomic E-state index is 0.140. The quantitative estimate of drug-likeness (QED) is 0.694. The fraction of sp³-hybridized carbons (Fsp3) is 0.800. The van der Waals surface area contributed by atoms with Gasteiger partial charge in [-0.05, 0) is 27.8 Å². The average Bonchev–Trinajstić information content (AvgIpc) is 2.08. The highest BCUT2D eigenvalue weighted by molar-refractivity contribution is 5.82. The summed E-state index contributed by atoms with van der Waals surface area (Å²) in [4.78, 5) is 23.7. The molecule has 15 heavy (non-hydrogen) atoms. The van der Waals surface area contributed by atoms with Gasteiger partial charge < -0.3 is 15.3 Å². The van der Waals surface area contributed by atoms with E-state index in [-0.39, 0.29) is 12.5 Å². The second-order valence-electron chi connectivity index (χ2n) is 4.40. The predicted octanol–water partition coefficient (Wildman–Crippen LogP) is 0.308. The first-order chi connectivity index (χ1) is 6.79. The summed E-state index contributed by atoms with van der Waals surface area (Å²) in [7, 11) is 1.76. The van der Waals surface area contributed by atoms with E-state index in [1.807, 2.05) is 20.8 Å². The molecule has 0 saturated heterocycles. The predicted molar refractivity (Wildman–Crippen MR) is 57.6 cm³/mol. The SMILES string of the molecule is CNCCC(=O)N(CC(=O)O)C(C)(C)C. The molecule has 0 unspecified atom stereocenters. The van der Waals surface area contributed by atoms with Crippen LogP contribution in [0.2, 0.25) is 0 Å². The lowest BCUT2D eigenvalue weighted by Gasteiger charge is -2.34. The number of carboxylic acids is 1. The van der Waals surface area contributed by atoms with Crippen molar-refractivity contribution < 1.29 is 14.7 Å². The van der Waals surface area contributed by atoms with E-state index in [0.29, 0.717) is 13.0 Å². The number of carboxylic acid groups (broad SMARTS) is 1. The smallest absolute Gasteiger partial charge is 0.323 e. The summed E-state index contributed by atoms with van der Waals surface area (Å²) in [5.41, 5.74) is -0.455. The van der Waals surface area contributed by atoms with Crippen LogP contribution in [0.3, 0.4) is 0 Å². The van der Waals surface area contributed by atoms with Crippen molar-refractivity contribution in [3.05, 3.63) is 0 Å². The van der Waals surface area contributed by atoms with E-state index in [0.717, 1.165) is 0 Å². The Morgan fingerprint density at radius 1 is 1.33 bits per heavy atom. The maximum atomic E-state index is 11.7. The van der Waals surface area contributed by atoms with Crippen molar-refractivity contribution in [1.82, 2.24) is 10.2 Å². The van der Waals surface area contributed by atoms with Crippen molar-refractivity contribution in [3.8, 4) is 0 Å². The first kappa shape index (κ1) is 13.9. The molecule has 0 aromatic heterocycles. The summed E-state index contributed by atoms with van der Waals surface area (Å²) in [6, 6.07) is 0. The molecule has 0 heterocycles. The fourth-order valence-electron chi connectivity index (χ4n) is 1.20. The summed E-state index contributed by atoms with van der Waals surface area (Å²) in [5, 5.41) is 11.6. The summed E-state index contributed by atoms with van der Waals surface area (Å²) in [6.07, 6.45) is 0.320. The minimum Gasteiger partial charge on any atom is -0.480 e. The van der Waals surface area contributed by atoms with Crippen molar-refractivity contribution in [1.29, 1.82) is 0 Å². The number of nitrogens with zero attached hydrogens (tertiary/aromatic N) is 1. The summed E-state index contributed by atoms with van der Waals surface area (Å²) >= 11 is 0. The molecule has 0 aromatic carbocycles. The van der Waals surface area contributed by atoms with Crippen LogP contribution in [0.1, 0.15) is 27.2 Å². The van der Waals surface area contributed by atoms with Crippen LogP contribution in [0.15, 0.2) is 0 Å². The van der Waals surface area contributed by atoms with Crippen LogP contribution >= 0.6 is 0 Å². The first-order valence-electron chi connectivity index (χ1n) is 4.96. The molecular weight excluding hydrogens is 196 g/mol. The zero-order valence-corrected chi connectivity index (χ0v) is 9.83. The molecule has 0 rings (SSSR count). The molecule has 5 nitrogen and oxygen atoms in total. The van der Waals surface area contributed by atoms with Crippen LogP contribution in [0.5, 0.6) is 0 Å². The van der Waals surface area contributed by atoms with Crippen LogP contribution < -0.4 is 5.32 Å². The van der Waals surface area contributed by atoms with E-state index >= 15 is 0 Å². The van der Waals surface area contributed by atoms with Crippen LogP contribution in [0.4, 0.5) is 0 Å². The van der Waals surface area contributed by atoms with Gasteiger partial charge in [0.05, 0.1) is 0 Å². The van der Waals surface area contributed by atoms with Gasteiger partial charge >= 0.3 is 5.97 Å². The number of hydrogen-bond donors (Lipinski definition) is 2. The average molecular weight is 216 g/mol. The number of carbonyl (C=O) groups is 2. The van der Waals surface area contributed by atoms with Crippen molar-refractivity contribution in [2.24, 2.45) is 0 Å². The normalized spacial score (nSPS) is 11.2. The first-order valence-corrected chi connectivity index (χ1v) is 4.96. The van der Waals surface area contributed by atoms with Gasteiger partial charge in [-0.3, -0.25) is 9.59 Å². The molecule has 0 aliphatic rings. The lowest BCUT2D eigenvalue weighted by atomic mass is 10.1. The van der Waals surface area contributed by atoms with E-state index in [1.54, 1.807) is 7.05 Å². The Hall–Kier alpha value is -1.10. The maximum absolute atomic E-state index is 11.7. The van der Waals surface area contributed by atoms with Crippen molar-refractivity contribution >= 4 is 11.9 Å². The summed E-state index contributed by atoms with van der Waals surface area (Å²) in [6.45, 7) is 5.80. The number of nitrogens with one attached hydrogen (secondary N) is 1. The van der Waals surface area contributed by atoms with Crippen molar-refractivity contribution in [2.45, 2.75) is 32.7 Å². The zero-order valence-electron chi connectivity index (χ0n) is 9.83. The Bertz CT molecular complexity index is 233. The van der Waals surface area contributed by atoms with Gasteiger partial charge in [-0.25, -0.2) is 0 Å². The van der Waals surface area contributed by atoms with E-state index in [1.165, 1.54) is 4.90 Å². The van der Waals surface area contributed by atoms with Crippen LogP contribution in [0.25, 0.3) is 0 Å². The summed E-state index contributed by atoms with van der Waals surface area (Å²) in [5.74, 6) is -1.12. The fourth-order valence-corrected chi connectivity index (χ4v) is 1.20. The monoisotopic (exact) mass is 216 g/mol. The van der Waals surface area contributed by atoms with Gasteiger partial charge in [0.25, 0.3) is 0 Å². The topological polar surface area (TPSA) is 69.6 Å². The van der Waals surface area contributed by atoms with E-state index in [9.17, 15) is 9.59 Å². The van der Waals surface area contributed by atoms with E-state index in [4.69, 9.17) is 5.11 Å². The molecule has 0 spiro atoms. The number of aliphatic carboxylic acids is 1. The van der Waals surface area contributed by atoms with Gasteiger partial charge in [0.15, 0.2) is 0 Å². The second-order valence-corrected chi connectivity index (χ2v) is 4.40. The van der Waals surface area contributed by atoms with Crippen LogP contribution in [-0.4, -0.2) is 47.6 Å². The maximum Gasteiger partial charge on any atom is 0.323 e. The van der Waals surface area contributed by atoms with E-state index < -0.39 is 11.5 Å². The summed E-state index contributed by atoms with van der Waals surface area (Å²) < 4.78 is 0. The molecule has 0 aliphatic carbocycles. The number of carbonyl (C=O) groups excluding carboxylic acids is 1. The number of hydrogen-bond acceptors (Lipinski definition) is 3. The minimum atomic E-state index is -0.984. The van der Waals surface area contributed by atoms with Gasteiger partial charge in [-0.2, -0.15) is 0 Å². The third-order valence-electron chi connectivity index (χ3n) is 1.99. The van der Waals surface area contributed by atoms with Gasteiger partial charge in [0, 0.05) is 18.5 Å². The Morgan fingerprint density at radius 2 is 1.87 bits per heavy atom. The Balaban J connectivity index is 4.49. The standard InChI is InChI=1S/C10H20N2O3/c1-10(2,3)12(7-9(14)15)8(13)5-6-11-4/h11H,5-7H2,1-4H3,(H,14,15). The molecule has 1 amide bonds. The molecule has 5 heteroatoms. The highest BCUT2D eigenvalue weighted by Crippen LogP contribution is 2.14. The molecular formula is C10H20N2O3. The van der Waals surface area contributed by atoms with Gasteiger partial charge in [0.2, 0.25) is 5.91 Å². The Labute approximate surface area is 90.5 Å². The number of rotatable bonds is 5. The molecule has 0 aromatic rings. The zero-order chi connectivity index (χ0) is 12.1. The highest BCUT2D eigenvalue weighted by atomic mass is 16.4. The Kier molecular flexibility index (Phi) is 5.28. The van der Waals surface area contributed by atoms with Gasteiger partial charge in [-0.1, -0.05) is 0 Å². The molecule has 88 valence electrons. The van der Waals surface area contributed by atoms with Crippen LogP contribution in [-0.2, 0) is 9.59 Å². The van der Waals surface area contributed by atoms with E-state index in [2.05, 4.69) is 5.32 Å². The second kappa shape index (κ2) is 5.70. The lowest BCUT2D eigenvalue weighted by Crippen LogP contribution is -2.48. The molecule has 2 N–H and O–H groups in total. The molecule has 0 radical (unpaired) electrons.